The van der Waals surface area contributed by atoms with Gasteiger partial charge >= 0.3 is 0 Å². The highest BCUT2D eigenvalue weighted by atomic mass is 16.3. The zero-order chi connectivity index (χ0) is 20.5. The molecule has 1 aromatic carbocycles. The molecule has 3 heterocycles. The quantitative estimate of drug-likeness (QED) is 0.533. The molecule has 1 saturated carbocycles. The molecule has 0 unspecified atom stereocenters. The lowest BCUT2D eigenvalue weighted by molar-refractivity contribution is 0.473. The second-order valence-electron chi connectivity index (χ2n) is 7.63. The Balaban J connectivity index is 0.000000359. The smallest absolute Gasteiger partial charge is 0.261 e. The number of aryl methyl sites for hydroxylation is 3. The molecule has 7 heteroatoms. The van der Waals surface area contributed by atoms with Crippen molar-refractivity contribution in [3.63, 3.8) is 0 Å². The predicted octanol–water partition coefficient (Wildman–Crippen LogP) is 3.85. The Morgan fingerprint density at radius 2 is 1.79 bits per heavy atom. The van der Waals surface area contributed by atoms with E-state index >= 15 is 0 Å². The zero-order valence-electron chi connectivity index (χ0n) is 17.0. The van der Waals surface area contributed by atoms with Crippen LogP contribution in [0, 0.1) is 6.92 Å². The molecule has 1 N–H and O–H groups in total. The summed E-state index contributed by atoms with van der Waals surface area (Å²) in [5.41, 5.74) is 2.34. The van der Waals surface area contributed by atoms with Gasteiger partial charge in [0.15, 0.2) is 5.82 Å². The molecular formula is C22H25N5O2. The van der Waals surface area contributed by atoms with Gasteiger partial charge < -0.3 is 9.67 Å². The lowest BCUT2D eigenvalue weighted by atomic mass is 10.1. The van der Waals surface area contributed by atoms with E-state index in [1.54, 1.807) is 24.0 Å². The van der Waals surface area contributed by atoms with Crippen LogP contribution in [0.3, 0.4) is 0 Å². The molecule has 0 bridgehead atoms. The summed E-state index contributed by atoms with van der Waals surface area (Å²) in [7, 11) is 3.51. The van der Waals surface area contributed by atoms with Crippen molar-refractivity contribution in [1.29, 1.82) is 0 Å². The molecule has 1 aliphatic carbocycles. The van der Waals surface area contributed by atoms with Gasteiger partial charge in [0, 0.05) is 43.6 Å². The van der Waals surface area contributed by atoms with E-state index in [-0.39, 0.29) is 11.3 Å². The van der Waals surface area contributed by atoms with Gasteiger partial charge in [-0.25, -0.2) is 9.97 Å². The Hall–Kier alpha value is -3.22. The molecule has 0 amide bonds. The van der Waals surface area contributed by atoms with Crippen LogP contribution in [-0.2, 0) is 14.1 Å². The van der Waals surface area contributed by atoms with E-state index in [2.05, 4.69) is 15.1 Å². The van der Waals surface area contributed by atoms with Crippen molar-refractivity contribution in [2.45, 2.75) is 39.0 Å². The fraction of sp³-hybridized carbons (Fsp3) is 0.364. The Morgan fingerprint density at radius 3 is 2.48 bits per heavy atom. The SMILES string of the molecule is C1CCCC1.Cc1c(O)c(-c2ncc3c(=O)n(C)ccc3n2)cc2cn(C)nc12. The van der Waals surface area contributed by atoms with Crippen LogP contribution >= 0.6 is 0 Å². The minimum absolute atomic E-state index is 0.101. The Kier molecular flexibility index (Phi) is 5.05. The van der Waals surface area contributed by atoms with Crippen molar-refractivity contribution in [2.24, 2.45) is 14.1 Å². The van der Waals surface area contributed by atoms with Crippen LogP contribution in [-0.4, -0.2) is 29.4 Å². The van der Waals surface area contributed by atoms with E-state index in [9.17, 15) is 9.90 Å². The third kappa shape index (κ3) is 3.60. The van der Waals surface area contributed by atoms with E-state index < -0.39 is 0 Å². The van der Waals surface area contributed by atoms with Gasteiger partial charge in [0.1, 0.15) is 5.75 Å². The first-order chi connectivity index (χ1) is 14.0. The molecule has 0 saturated heterocycles. The fourth-order valence-corrected chi connectivity index (χ4v) is 3.75. The summed E-state index contributed by atoms with van der Waals surface area (Å²) in [5, 5.41) is 16.2. The van der Waals surface area contributed by atoms with Crippen molar-refractivity contribution in [3.05, 3.63) is 46.6 Å². The maximum atomic E-state index is 12.1. The molecule has 0 spiro atoms. The van der Waals surface area contributed by atoms with E-state index in [4.69, 9.17) is 0 Å². The number of aromatic hydroxyl groups is 1. The number of nitrogens with zero attached hydrogens (tertiary/aromatic N) is 5. The minimum Gasteiger partial charge on any atom is -0.507 e. The molecule has 7 nitrogen and oxygen atoms in total. The van der Waals surface area contributed by atoms with Crippen molar-refractivity contribution in [1.82, 2.24) is 24.3 Å². The number of fused-ring (bicyclic) bond motifs is 2. The van der Waals surface area contributed by atoms with Gasteiger partial charge in [0.05, 0.1) is 22.0 Å². The standard InChI is InChI=1S/C17H15N5O2.C5H10/c1-9-14-10(8-22(3)20-14)6-11(15(9)23)16-18-7-12-13(19-16)4-5-21(2)17(12)24;1-2-4-5-3-1/h4-8,23H,1-3H3;1-5H2. The van der Waals surface area contributed by atoms with Gasteiger partial charge in [0.25, 0.3) is 5.56 Å². The maximum Gasteiger partial charge on any atom is 0.261 e. The van der Waals surface area contributed by atoms with E-state index in [0.29, 0.717) is 27.9 Å². The number of rotatable bonds is 1. The van der Waals surface area contributed by atoms with Crippen LogP contribution in [0.1, 0.15) is 37.7 Å². The molecule has 5 rings (SSSR count). The monoisotopic (exact) mass is 391 g/mol. The van der Waals surface area contributed by atoms with Gasteiger partial charge in [-0.1, -0.05) is 32.1 Å². The van der Waals surface area contributed by atoms with Crippen molar-refractivity contribution >= 4 is 21.8 Å². The first-order valence-corrected chi connectivity index (χ1v) is 9.94. The fourth-order valence-electron chi connectivity index (χ4n) is 3.75. The van der Waals surface area contributed by atoms with Gasteiger partial charge in [-0.05, 0) is 19.1 Å². The second kappa shape index (κ2) is 7.66. The first-order valence-electron chi connectivity index (χ1n) is 9.94. The van der Waals surface area contributed by atoms with Crippen LogP contribution in [0.15, 0.2) is 35.5 Å². The second-order valence-corrected chi connectivity index (χ2v) is 7.63. The van der Waals surface area contributed by atoms with Gasteiger partial charge in [0.2, 0.25) is 0 Å². The summed E-state index contributed by atoms with van der Waals surface area (Å²) in [6, 6.07) is 3.57. The van der Waals surface area contributed by atoms with Gasteiger partial charge in [-0.2, -0.15) is 5.10 Å². The van der Waals surface area contributed by atoms with Crippen LogP contribution in [0.5, 0.6) is 5.75 Å². The topological polar surface area (TPSA) is 85.8 Å². The molecule has 1 fully saturated rings. The first kappa shape index (κ1) is 19.1. The van der Waals surface area contributed by atoms with Crippen molar-refractivity contribution in [2.75, 3.05) is 0 Å². The molecular weight excluding hydrogens is 366 g/mol. The maximum absolute atomic E-state index is 12.1. The Labute approximate surface area is 168 Å². The normalized spacial score (nSPS) is 13.6. The number of phenolic OH excluding ortho intramolecular Hbond substituents is 1. The summed E-state index contributed by atoms with van der Waals surface area (Å²) in [4.78, 5) is 20.8. The Morgan fingerprint density at radius 1 is 1.10 bits per heavy atom. The largest absolute Gasteiger partial charge is 0.507 e. The number of benzene rings is 1. The van der Waals surface area contributed by atoms with E-state index in [1.165, 1.54) is 42.9 Å². The van der Waals surface area contributed by atoms with Gasteiger partial charge in [-0.15, -0.1) is 0 Å². The number of phenols is 1. The van der Waals surface area contributed by atoms with Crippen molar-refractivity contribution < 1.29 is 5.11 Å². The summed E-state index contributed by atoms with van der Waals surface area (Å²) >= 11 is 0. The summed E-state index contributed by atoms with van der Waals surface area (Å²) < 4.78 is 3.18. The van der Waals surface area contributed by atoms with E-state index in [1.807, 2.05) is 26.2 Å². The third-order valence-electron chi connectivity index (χ3n) is 5.44. The lowest BCUT2D eigenvalue weighted by Gasteiger charge is -2.08. The third-order valence-corrected chi connectivity index (χ3v) is 5.44. The Bertz CT molecular complexity index is 1240. The van der Waals surface area contributed by atoms with Crippen molar-refractivity contribution in [3.8, 4) is 17.1 Å². The molecule has 1 aliphatic rings. The molecule has 150 valence electrons. The highest BCUT2D eigenvalue weighted by molar-refractivity contribution is 5.90. The zero-order valence-corrected chi connectivity index (χ0v) is 17.0. The van der Waals surface area contributed by atoms with Crippen LogP contribution < -0.4 is 5.56 Å². The summed E-state index contributed by atoms with van der Waals surface area (Å²) in [6.07, 6.45) is 12.5. The number of aromatic nitrogens is 5. The number of hydrogen-bond donors (Lipinski definition) is 1. The molecule has 0 atom stereocenters. The highest BCUT2D eigenvalue weighted by Gasteiger charge is 2.16. The van der Waals surface area contributed by atoms with Crippen LogP contribution in [0.25, 0.3) is 33.2 Å². The predicted molar refractivity (Wildman–Crippen MR) is 114 cm³/mol. The molecule has 0 radical (unpaired) electrons. The number of hydrogen-bond acceptors (Lipinski definition) is 5. The lowest BCUT2D eigenvalue weighted by Crippen LogP contribution is -2.16. The molecule has 0 aliphatic heterocycles. The number of pyridine rings is 1. The molecule has 29 heavy (non-hydrogen) atoms. The van der Waals surface area contributed by atoms with E-state index in [0.717, 1.165) is 10.9 Å². The van der Waals surface area contributed by atoms with Crippen LogP contribution in [0.4, 0.5) is 0 Å². The summed E-state index contributed by atoms with van der Waals surface area (Å²) in [6.45, 7) is 1.81. The van der Waals surface area contributed by atoms with Crippen LogP contribution in [0.2, 0.25) is 0 Å². The molecule has 3 aromatic heterocycles. The minimum atomic E-state index is -0.151. The molecule has 4 aromatic rings. The summed E-state index contributed by atoms with van der Waals surface area (Å²) in [5.74, 6) is 0.478. The van der Waals surface area contributed by atoms with Gasteiger partial charge in [-0.3, -0.25) is 9.48 Å². The average Bonchev–Trinajstić information content (AvgIpc) is 3.40. The average molecular weight is 391 g/mol. The highest BCUT2D eigenvalue weighted by Crippen LogP contribution is 2.35.